The maximum atomic E-state index is 11.0. The molecule has 62 valence electrons. The standard InChI is InChI=1S/C9H10N2O.Na/c1-7(2)9(12)4-3-8(5-10)6-11;/h3-4,7,12H,1-2H3;/q;+1/p-1/b9-4-;. The van der Waals surface area contributed by atoms with E-state index in [4.69, 9.17) is 10.5 Å². The van der Waals surface area contributed by atoms with Crippen LogP contribution >= 0.6 is 0 Å². The van der Waals surface area contributed by atoms with Crippen molar-refractivity contribution in [1.82, 2.24) is 0 Å². The molecule has 0 bridgehead atoms. The summed E-state index contributed by atoms with van der Waals surface area (Å²) < 4.78 is 0. The maximum absolute atomic E-state index is 11.0. The number of hydrogen-bond acceptors (Lipinski definition) is 3. The largest absolute Gasteiger partial charge is 1.00 e. The fraction of sp³-hybridized carbons (Fsp3) is 0.333. The van der Waals surface area contributed by atoms with Crippen LogP contribution in [0, 0.1) is 28.6 Å². The van der Waals surface area contributed by atoms with Gasteiger partial charge in [0.05, 0.1) is 0 Å². The fourth-order valence-corrected chi connectivity index (χ4v) is 0.457. The van der Waals surface area contributed by atoms with Gasteiger partial charge in [-0.15, -0.1) is 5.76 Å². The Morgan fingerprint density at radius 3 is 2.00 bits per heavy atom. The molecule has 0 aromatic carbocycles. The van der Waals surface area contributed by atoms with Gasteiger partial charge in [0.2, 0.25) is 0 Å². The van der Waals surface area contributed by atoms with Crippen LogP contribution in [0.15, 0.2) is 23.5 Å². The quantitative estimate of drug-likeness (QED) is 0.213. The molecule has 0 rings (SSSR count). The Labute approximate surface area is 100 Å². The molecule has 0 amide bonds. The van der Waals surface area contributed by atoms with Crippen molar-refractivity contribution in [1.29, 1.82) is 10.5 Å². The summed E-state index contributed by atoms with van der Waals surface area (Å²) in [5, 5.41) is 27.6. The molecule has 3 nitrogen and oxygen atoms in total. The molecule has 0 saturated carbocycles. The van der Waals surface area contributed by atoms with E-state index in [0.29, 0.717) is 0 Å². The van der Waals surface area contributed by atoms with Crippen LogP contribution in [0.4, 0.5) is 0 Å². The molecular formula is C9H9N2NaO. The monoisotopic (exact) mass is 184 g/mol. The van der Waals surface area contributed by atoms with Gasteiger partial charge >= 0.3 is 29.6 Å². The van der Waals surface area contributed by atoms with Crippen molar-refractivity contribution in [3.63, 3.8) is 0 Å². The van der Waals surface area contributed by atoms with Gasteiger partial charge in [-0.1, -0.05) is 19.9 Å². The van der Waals surface area contributed by atoms with Crippen molar-refractivity contribution >= 4 is 0 Å². The molecule has 0 aromatic heterocycles. The van der Waals surface area contributed by atoms with E-state index in [-0.39, 0.29) is 46.8 Å². The van der Waals surface area contributed by atoms with Crippen molar-refractivity contribution in [2.45, 2.75) is 13.8 Å². The first-order chi connectivity index (χ1) is 5.61. The third kappa shape index (κ3) is 6.42. The number of nitrogens with zero attached hydrogens (tertiary/aromatic N) is 2. The Morgan fingerprint density at radius 1 is 1.23 bits per heavy atom. The van der Waals surface area contributed by atoms with E-state index in [2.05, 4.69) is 0 Å². The zero-order valence-electron chi connectivity index (χ0n) is 8.03. The SMILES string of the molecule is CC(C)/C([O-])=C/C=C(C#N)C#N.[Na+]. The molecule has 0 fully saturated rings. The van der Waals surface area contributed by atoms with Gasteiger partial charge in [-0.25, -0.2) is 0 Å². The second-order valence-electron chi connectivity index (χ2n) is 2.53. The first kappa shape index (κ1) is 14.8. The van der Waals surface area contributed by atoms with Crippen molar-refractivity contribution in [3.8, 4) is 12.1 Å². The minimum absolute atomic E-state index is 0. The summed E-state index contributed by atoms with van der Waals surface area (Å²) in [4.78, 5) is 0. The molecule has 0 N–H and O–H groups in total. The Balaban J connectivity index is 0. The average Bonchev–Trinajstić information content (AvgIpc) is 2.05. The van der Waals surface area contributed by atoms with Gasteiger partial charge in [0, 0.05) is 0 Å². The molecule has 0 saturated heterocycles. The molecule has 0 spiro atoms. The van der Waals surface area contributed by atoms with E-state index >= 15 is 0 Å². The minimum atomic E-state index is -0.0973. The third-order valence-electron chi connectivity index (χ3n) is 1.22. The molecule has 0 heterocycles. The van der Waals surface area contributed by atoms with Gasteiger partial charge in [0.25, 0.3) is 0 Å². The van der Waals surface area contributed by atoms with E-state index in [1.807, 2.05) is 0 Å². The summed E-state index contributed by atoms with van der Waals surface area (Å²) in [6.07, 6.45) is 2.49. The predicted molar refractivity (Wildman–Crippen MR) is 42.2 cm³/mol. The van der Waals surface area contributed by atoms with Crippen molar-refractivity contribution in [3.05, 3.63) is 23.5 Å². The van der Waals surface area contributed by atoms with Crippen molar-refractivity contribution < 1.29 is 34.7 Å². The van der Waals surface area contributed by atoms with Gasteiger partial charge in [0.1, 0.15) is 17.7 Å². The molecule has 0 aliphatic heterocycles. The smallest absolute Gasteiger partial charge is 0.875 e. The summed E-state index contributed by atoms with van der Waals surface area (Å²) in [6, 6.07) is 3.33. The van der Waals surface area contributed by atoms with Crippen LogP contribution in [-0.2, 0) is 0 Å². The van der Waals surface area contributed by atoms with E-state index < -0.39 is 0 Å². The first-order valence-electron chi connectivity index (χ1n) is 3.51. The van der Waals surface area contributed by atoms with E-state index in [1.54, 1.807) is 26.0 Å². The van der Waals surface area contributed by atoms with Crippen LogP contribution < -0.4 is 34.7 Å². The summed E-state index contributed by atoms with van der Waals surface area (Å²) in [6.45, 7) is 3.51. The van der Waals surface area contributed by atoms with Gasteiger partial charge in [-0.3, -0.25) is 0 Å². The molecule has 0 atom stereocenters. The van der Waals surface area contributed by atoms with Crippen LogP contribution in [0.1, 0.15) is 13.8 Å². The van der Waals surface area contributed by atoms with Crippen molar-refractivity contribution in [2.75, 3.05) is 0 Å². The van der Waals surface area contributed by atoms with Gasteiger partial charge < -0.3 is 5.11 Å². The number of hydrogen-bond donors (Lipinski definition) is 0. The number of allylic oxidation sites excluding steroid dienone is 4. The van der Waals surface area contributed by atoms with Crippen LogP contribution in [0.3, 0.4) is 0 Å². The van der Waals surface area contributed by atoms with Crippen LogP contribution in [0.2, 0.25) is 0 Å². The molecule has 0 unspecified atom stereocenters. The molecule has 0 aromatic rings. The molecule has 4 heteroatoms. The van der Waals surface area contributed by atoms with Crippen molar-refractivity contribution in [2.24, 2.45) is 5.92 Å². The normalized spacial score (nSPS) is 9.46. The molecule has 13 heavy (non-hydrogen) atoms. The summed E-state index contributed by atoms with van der Waals surface area (Å²) >= 11 is 0. The van der Waals surface area contributed by atoms with E-state index in [9.17, 15) is 5.11 Å². The third-order valence-corrected chi connectivity index (χ3v) is 1.22. The van der Waals surface area contributed by atoms with Crippen LogP contribution in [0.25, 0.3) is 0 Å². The van der Waals surface area contributed by atoms with E-state index in [1.165, 1.54) is 12.2 Å². The molecule has 0 aliphatic carbocycles. The Morgan fingerprint density at radius 2 is 1.69 bits per heavy atom. The zero-order valence-corrected chi connectivity index (χ0v) is 10.0. The predicted octanol–water partition coefficient (Wildman–Crippen LogP) is -2.14. The second-order valence-corrected chi connectivity index (χ2v) is 2.53. The Hall–Kier alpha value is -0.740. The van der Waals surface area contributed by atoms with Gasteiger partial charge in [-0.2, -0.15) is 10.5 Å². The topological polar surface area (TPSA) is 70.6 Å². The Bertz CT molecular complexity index is 276. The number of nitriles is 2. The second kappa shape index (κ2) is 7.89. The summed E-state index contributed by atoms with van der Waals surface area (Å²) in [7, 11) is 0. The van der Waals surface area contributed by atoms with E-state index in [0.717, 1.165) is 0 Å². The zero-order chi connectivity index (χ0) is 9.56. The molecular weight excluding hydrogens is 175 g/mol. The maximum Gasteiger partial charge on any atom is 1.00 e. The first-order valence-corrected chi connectivity index (χ1v) is 3.51. The van der Waals surface area contributed by atoms with Crippen LogP contribution in [-0.4, -0.2) is 0 Å². The molecule has 0 aliphatic rings. The molecule has 0 radical (unpaired) electrons. The number of rotatable bonds is 2. The average molecular weight is 184 g/mol. The summed E-state index contributed by atoms with van der Waals surface area (Å²) in [5.74, 6) is -0.183. The minimum Gasteiger partial charge on any atom is -0.875 e. The Kier molecular flexibility index (Phi) is 8.96. The summed E-state index contributed by atoms with van der Waals surface area (Å²) in [5.41, 5.74) is -0.0519. The fourth-order valence-electron chi connectivity index (χ4n) is 0.457. The van der Waals surface area contributed by atoms with Gasteiger partial charge in [0.15, 0.2) is 0 Å². The van der Waals surface area contributed by atoms with Gasteiger partial charge in [-0.05, 0) is 12.0 Å². The van der Waals surface area contributed by atoms with Crippen LogP contribution in [0.5, 0.6) is 0 Å².